The first-order chi connectivity index (χ1) is 8.47. The van der Waals surface area contributed by atoms with E-state index in [4.69, 9.17) is 5.84 Å². The molecule has 0 saturated carbocycles. The lowest BCUT2D eigenvalue weighted by molar-refractivity contribution is 0.565. The molecule has 0 bridgehead atoms. The summed E-state index contributed by atoms with van der Waals surface area (Å²) in [5, 5.41) is 0. The highest BCUT2D eigenvalue weighted by molar-refractivity contribution is 5.49. The van der Waals surface area contributed by atoms with Crippen LogP contribution >= 0.6 is 0 Å². The molecule has 0 aliphatic heterocycles. The van der Waals surface area contributed by atoms with E-state index in [0.29, 0.717) is 17.8 Å². The maximum atomic E-state index is 5.46. The van der Waals surface area contributed by atoms with Gasteiger partial charge in [-0.25, -0.2) is 15.8 Å². The molecule has 0 aromatic carbocycles. The van der Waals surface area contributed by atoms with E-state index in [0.717, 1.165) is 24.6 Å². The Bertz CT molecular complexity index is 353. The number of nitrogen functional groups attached to an aromatic ring is 1. The average molecular weight is 251 g/mol. The molecule has 0 aliphatic rings. The standard InChI is InChI=1S/C13H25N5/c1-6-11-15-12(17-14)7-13(16-11)18(10(4)5)8-9(2)3/h7,9-10H,6,8,14H2,1-5H3,(H,15,16,17). The lowest BCUT2D eigenvalue weighted by Crippen LogP contribution is -2.35. The number of hydrogen-bond donors (Lipinski definition) is 2. The van der Waals surface area contributed by atoms with Gasteiger partial charge in [-0.05, 0) is 19.8 Å². The van der Waals surface area contributed by atoms with E-state index in [-0.39, 0.29) is 0 Å². The van der Waals surface area contributed by atoms with Crippen molar-refractivity contribution in [1.82, 2.24) is 9.97 Å². The summed E-state index contributed by atoms with van der Waals surface area (Å²) in [7, 11) is 0. The lowest BCUT2D eigenvalue weighted by Gasteiger charge is -2.30. The van der Waals surface area contributed by atoms with Gasteiger partial charge in [0.2, 0.25) is 0 Å². The molecular weight excluding hydrogens is 226 g/mol. The second kappa shape index (κ2) is 6.54. The van der Waals surface area contributed by atoms with Gasteiger partial charge in [0.05, 0.1) is 0 Å². The largest absolute Gasteiger partial charge is 0.354 e. The Balaban J connectivity index is 3.09. The normalized spacial score (nSPS) is 11.1. The molecule has 1 aromatic heterocycles. The molecule has 0 spiro atoms. The van der Waals surface area contributed by atoms with Crippen molar-refractivity contribution in [3.8, 4) is 0 Å². The zero-order valence-electron chi connectivity index (χ0n) is 12.1. The molecule has 0 amide bonds. The van der Waals surface area contributed by atoms with Crippen molar-refractivity contribution >= 4 is 11.6 Å². The Hall–Kier alpha value is -1.36. The predicted molar refractivity (Wildman–Crippen MR) is 76.5 cm³/mol. The third-order valence-electron chi connectivity index (χ3n) is 2.70. The summed E-state index contributed by atoms with van der Waals surface area (Å²) in [4.78, 5) is 11.2. The summed E-state index contributed by atoms with van der Waals surface area (Å²) in [5.74, 6) is 8.48. The summed E-state index contributed by atoms with van der Waals surface area (Å²) in [6, 6.07) is 2.30. The maximum Gasteiger partial charge on any atom is 0.145 e. The molecule has 1 aromatic rings. The van der Waals surface area contributed by atoms with Gasteiger partial charge in [0.1, 0.15) is 17.5 Å². The van der Waals surface area contributed by atoms with Crippen LogP contribution in [-0.2, 0) is 6.42 Å². The van der Waals surface area contributed by atoms with Gasteiger partial charge >= 0.3 is 0 Å². The number of hydrazine groups is 1. The molecule has 0 saturated heterocycles. The fraction of sp³-hybridized carbons (Fsp3) is 0.692. The highest BCUT2D eigenvalue weighted by atomic mass is 15.3. The van der Waals surface area contributed by atoms with E-state index in [1.165, 1.54) is 0 Å². The number of hydrogen-bond acceptors (Lipinski definition) is 5. The van der Waals surface area contributed by atoms with Gasteiger partial charge in [0.15, 0.2) is 0 Å². The van der Waals surface area contributed by atoms with E-state index in [1.54, 1.807) is 0 Å². The Kier molecular flexibility index (Phi) is 5.34. The number of anilines is 2. The van der Waals surface area contributed by atoms with Crippen molar-refractivity contribution in [2.75, 3.05) is 16.9 Å². The second-order valence-corrected chi connectivity index (χ2v) is 5.17. The monoisotopic (exact) mass is 251 g/mol. The van der Waals surface area contributed by atoms with Crippen LogP contribution in [0.4, 0.5) is 11.6 Å². The summed E-state index contributed by atoms with van der Waals surface area (Å²) in [6.07, 6.45) is 0.802. The van der Waals surface area contributed by atoms with Crippen LogP contribution in [0.2, 0.25) is 0 Å². The Morgan fingerprint density at radius 3 is 2.39 bits per heavy atom. The smallest absolute Gasteiger partial charge is 0.145 e. The van der Waals surface area contributed by atoms with Crippen molar-refractivity contribution in [1.29, 1.82) is 0 Å². The van der Waals surface area contributed by atoms with Crippen LogP contribution in [0.1, 0.15) is 40.4 Å². The van der Waals surface area contributed by atoms with Crippen LogP contribution < -0.4 is 16.2 Å². The van der Waals surface area contributed by atoms with Gasteiger partial charge in [0.25, 0.3) is 0 Å². The van der Waals surface area contributed by atoms with Crippen LogP contribution in [0.25, 0.3) is 0 Å². The molecule has 18 heavy (non-hydrogen) atoms. The molecule has 0 fully saturated rings. The molecule has 1 rings (SSSR count). The minimum atomic E-state index is 0.401. The summed E-state index contributed by atoms with van der Waals surface area (Å²) in [5.41, 5.74) is 2.61. The zero-order chi connectivity index (χ0) is 13.7. The SMILES string of the molecule is CCc1nc(NN)cc(N(CC(C)C)C(C)C)n1. The quantitative estimate of drug-likeness (QED) is 0.599. The molecule has 0 unspecified atom stereocenters. The number of nitrogens with one attached hydrogen (secondary N) is 1. The minimum Gasteiger partial charge on any atom is -0.354 e. The van der Waals surface area contributed by atoms with E-state index in [2.05, 4.69) is 48.0 Å². The van der Waals surface area contributed by atoms with E-state index < -0.39 is 0 Å². The van der Waals surface area contributed by atoms with E-state index in [9.17, 15) is 0 Å². The molecule has 1 heterocycles. The van der Waals surface area contributed by atoms with E-state index in [1.807, 2.05) is 13.0 Å². The van der Waals surface area contributed by atoms with Gasteiger partial charge in [-0.2, -0.15) is 0 Å². The van der Waals surface area contributed by atoms with Crippen molar-refractivity contribution < 1.29 is 0 Å². The summed E-state index contributed by atoms with van der Waals surface area (Å²) < 4.78 is 0. The molecule has 5 heteroatoms. The number of aromatic nitrogens is 2. The van der Waals surface area contributed by atoms with Gasteiger partial charge in [-0.3, -0.25) is 0 Å². The third kappa shape index (κ3) is 3.84. The molecular formula is C13H25N5. The summed E-state index contributed by atoms with van der Waals surface area (Å²) in [6.45, 7) is 11.8. The maximum absolute atomic E-state index is 5.46. The van der Waals surface area contributed by atoms with Gasteiger partial charge < -0.3 is 10.3 Å². The molecule has 0 atom stereocenters. The molecule has 102 valence electrons. The van der Waals surface area contributed by atoms with Crippen molar-refractivity contribution in [2.24, 2.45) is 11.8 Å². The fourth-order valence-corrected chi connectivity index (χ4v) is 1.82. The first-order valence-corrected chi connectivity index (χ1v) is 6.59. The average Bonchev–Trinajstić information content (AvgIpc) is 2.34. The van der Waals surface area contributed by atoms with Crippen molar-refractivity contribution in [2.45, 2.75) is 47.1 Å². The molecule has 5 nitrogen and oxygen atoms in total. The minimum absolute atomic E-state index is 0.401. The topological polar surface area (TPSA) is 67.1 Å². The zero-order valence-corrected chi connectivity index (χ0v) is 12.1. The first kappa shape index (κ1) is 14.7. The number of nitrogens with two attached hydrogens (primary N) is 1. The van der Waals surface area contributed by atoms with Gasteiger partial charge in [-0.1, -0.05) is 20.8 Å². The van der Waals surface area contributed by atoms with Gasteiger partial charge in [-0.15, -0.1) is 0 Å². The lowest BCUT2D eigenvalue weighted by atomic mass is 10.2. The predicted octanol–water partition coefficient (Wildman–Crippen LogP) is 2.20. The number of aryl methyl sites for hydroxylation is 1. The van der Waals surface area contributed by atoms with E-state index >= 15 is 0 Å². The van der Waals surface area contributed by atoms with Crippen molar-refractivity contribution in [3.63, 3.8) is 0 Å². The molecule has 0 aliphatic carbocycles. The van der Waals surface area contributed by atoms with Crippen LogP contribution in [0.15, 0.2) is 6.07 Å². The Morgan fingerprint density at radius 2 is 1.94 bits per heavy atom. The second-order valence-electron chi connectivity index (χ2n) is 5.17. The molecule has 3 N–H and O–H groups in total. The van der Waals surface area contributed by atoms with Crippen LogP contribution in [0.3, 0.4) is 0 Å². The number of rotatable bonds is 6. The fourth-order valence-electron chi connectivity index (χ4n) is 1.82. The van der Waals surface area contributed by atoms with Crippen LogP contribution in [0.5, 0.6) is 0 Å². The Morgan fingerprint density at radius 1 is 1.28 bits per heavy atom. The summed E-state index contributed by atoms with van der Waals surface area (Å²) >= 11 is 0. The third-order valence-corrected chi connectivity index (χ3v) is 2.70. The van der Waals surface area contributed by atoms with Crippen LogP contribution in [-0.4, -0.2) is 22.6 Å². The van der Waals surface area contributed by atoms with Crippen LogP contribution in [0, 0.1) is 5.92 Å². The van der Waals surface area contributed by atoms with Crippen molar-refractivity contribution in [3.05, 3.63) is 11.9 Å². The number of nitrogens with zero attached hydrogens (tertiary/aromatic N) is 3. The first-order valence-electron chi connectivity index (χ1n) is 6.59. The Labute approximate surface area is 110 Å². The highest BCUT2D eigenvalue weighted by Gasteiger charge is 2.15. The molecule has 0 radical (unpaired) electrons. The van der Waals surface area contributed by atoms with Gasteiger partial charge in [0, 0.05) is 25.1 Å². The highest BCUT2D eigenvalue weighted by Crippen LogP contribution is 2.19.